The van der Waals surface area contributed by atoms with Crippen molar-refractivity contribution in [2.24, 2.45) is 0 Å². The molecule has 0 bridgehead atoms. The van der Waals surface area contributed by atoms with Gasteiger partial charge >= 0.3 is 6.09 Å². The van der Waals surface area contributed by atoms with Crippen LogP contribution in [0.4, 0.5) is 4.79 Å². The van der Waals surface area contributed by atoms with E-state index in [4.69, 9.17) is 4.74 Å². The van der Waals surface area contributed by atoms with Gasteiger partial charge in [-0.15, -0.1) is 0 Å². The number of amides is 1. The summed E-state index contributed by atoms with van der Waals surface area (Å²) in [5, 5.41) is 12.3. The average Bonchev–Trinajstić information content (AvgIpc) is 3.07. The van der Waals surface area contributed by atoms with E-state index in [-0.39, 0.29) is 11.7 Å². The topological polar surface area (TPSA) is 58.6 Å². The SMILES string of the molecule is Cc1cc(O)ccc1C=CCCNC(=O)OCC1c2ccccc2-c2ccccc21. The van der Waals surface area contributed by atoms with Crippen molar-refractivity contribution in [2.45, 2.75) is 19.3 Å². The van der Waals surface area contributed by atoms with Gasteiger partial charge in [-0.05, 0) is 58.9 Å². The highest BCUT2D eigenvalue weighted by Gasteiger charge is 2.28. The summed E-state index contributed by atoms with van der Waals surface area (Å²) in [6, 6.07) is 21.9. The van der Waals surface area contributed by atoms with E-state index < -0.39 is 6.09 Å². The monoisotopic (exact) mass is 399 g/mol. The number of aryl methyl sites for hydroxylation is 1. The number of hydrogen-bond acceptors (Lipinski definition) is 3. The molecule has 4 heteroatoms. The molecule has 1 aliphatic rings. The molecule has 152 valence electrons. The Morgan fingerprint density at radius 2 is 1.70 bits per heavy atom. The Balaban J connectivity index is 1.28. The Morgan fingerprint density at radius 1 is 1.03 bits per heavy atom. The van der Waals surface area contributed by atoms with Gasteiger partial charge in [-0.25, -0.2) is 4.79 Å². The van der Waals surface area contributed by atoms with E-state index in [0.717, 1.165) is 11.1 Å². The fourth-order valence-electron chi connectivity index (χ4n) is 3.96. The van der Waals surface area contributed by atoms with Gasteiger partial charge in [0.2, 0.25) is 0 Å². The van der Waals surface area contributed by atoms with E-state index in [9.17, 15) is 9.90 Å². The zero-order chi connectivity index (χ0) is 20.9. The molecule has 3 aromatic carbocycles. The zero-order valence-corrected chi connectivity index (χ0v) is 17.0. The van der Waals surface area contributed by atoms with Crippen LogP contribution in [-0.4, -0.2) is 24.4 Å². The number of fused-ring (bicyclic) bond motifs is 3. The largest absolute Gasteiger partial charge is 0.508 e. The zero-order valence-electron chi connectivity index (χ0n) is 17.0. The van der Waals surface area contributed by atoms with Crippen molar-refractivity contribution in [1.82, 2.24) is 5.32 Å². The number of alkyl carbamates (subject to hydrolysis) is 1. The fourth-order valence-corrected chi connectivity index (χ4v) is 3.96. The van der Waals surface area contributed by atoms with Crippen LogP contribution in [0.2, 0.25) is 0 Å². The lowest BCUT2D eigenvalue weighted by molar-refractivity contribution is 0.143. The molecule has 0 saturated heterocycles. The molecule has 1 amide bonds. The quantitative estimate of drug-likeness (QED) is 0.527. The van der Waals surface area contributed by atoms with Gasteiger partial charge in [0.1, 0.15) is 12.4 Å². The number of rotatable bonds is 6. The first-order valence-electron chi connectivity index (χ1n) is 10.2. The Hall–Kier alpha value is -3.53. The van der Waals surface area contributed by atoms with E-state index in [2.05, 4.69) is 29.6 Å². The Kier molecular flexibility index (Phi) is 5.84. The van der Waals surface area contributed by atoms with E-state index in [1.165, 1.54) is 22.3 Å². The summed E-state index contributed by atoms with van der Waals surface area (Å²) in [5.74, 6) is 0.335. The second kappa shape index (κ2) is 8.87. The van der Waals surface area contributed by atoms with Crippen molar-refractivity contribution in [3.05, 3.63) is 95.1 Å². The van der Waals surface area contributed by atoms with Crippen LogP contribution in [0.3, 0.4) is 0 Å². The summed E-state index contributed by atoms with van der Waals surface area (Å²) >= 11 is 0. The number of aromatic hydroxyl groups is 1. The molecule has 0 radical (unpaired) electrons. The molecule has 4 rings (SSSR count). The first kappa shape index (κ1) is 19.8. The van der Waals surface area contributed by atoms with Crippen LogP contribution in [0, 0.1) is 6.92 Å². The predicted octanol–water partition coefficient (Wildman–Crippen LogP) is 5.64. The standard InChI is InChI=1S/C26H25NO3/c1-18-16-20(28)14-13-19(18)8-6-7-15-27-26(29)30-17-25-23-11-4-2-9-21(23)22-10-3-5-12-24(22)25/h2-6,8-14,16,25,28H,7,15,17H2,1H3,(H,27,29). The van der Waals surface area contributed by atoms with Crippen LogP contribution in [0.25, 0.3) is 17.2 Å². The van der Waals surface area contributed by atoms with Crippen LogP contribution < -0.4 is 5.32 Å². The lowest BCUT2D eigenvalue weighted by atomic mass is 9.98. The summed E-state index contributed by atoms with van der Waals surface area (Å²) in [5.41, 5.74) is 6.91. The molecule has 0 unspecified atom stereocenters. The number of ether oxygens (including phenoxy) is 1. The maximum Gasteiger partial charge on any atom is 0.407 e. The van der Waals surface area contributed by atoms with Crippen LogP contribution in [-0.2, 0) is 4.74 Å². The number of nitrogens with one attached hydrogen (secondary N) is 1. The summed E-state index contributed by atoms with van der Waals surface area (Å²) in [6.45, 7) is 2.78. The Morgan fingerprint density at radius 3 is 2.37 bits per heavy atom. The molecule has 0 saturated carbocycles. The highest BCUT2D eigenvalue weighted by atomic mass is 16.5. The van der Waals surface area contributed by atoms with Gasteiger partial charge in [-0.2, -0.15) is 0 Å². The molecule has 4 nitrogen and oxygen atoms in total. The lowest BCUT2D eigenvalue weighted by Crippen LogP contribution is -2.26. The van der Waals surface area contributed by atoms with Gasteiger partial charge in [0, 0.05) is 12.5 Å². The third kappa shape index (κ3) is 4.23. The van der Waals surface area contributed by atoms with Gasteiger partial charge < -0.3 is 15.2 Å². The van der Waals surface area contributed by atoms with Crippen molar-refractivity contribution < 1.29 is 14.6 Å². The molecular weight excluding hydrogens is 374 g/mol. The van der Waals surface area contributed by atoms with E-state index in [1.807, 2.05) is 49.4 Å². The molecular formula is C26H25NO3. The third-order valence-corrected chi connectivity index (χ3v) is 5.47. The number of benzene rings is 3. The summed E-state index contributed by atoms with van der Waals surface area (Å²) < 4.78 is 5.53. The maximum atomic E-state index is 12.2. The van der Waals surface area contributed by atoms with Gasteiger partial charge in [0.15, 0.2) is 0 Å². The number of hydrogen-bond donors (Lipinski definition) is 2. The summed E-state index contributed by atoms with van der Waals surface area (Å²) in [4.78, 5) is 12.2. The minimum absolute atomic E-state index is 0.0699. The molecule has 0 spiro atoms. The first-order chi connectivity index (χ1) is 14.6. The molecule has 30 heavy (non-hydrogen) atoms. The van der Waals surface area contributed by atoms with Crippen molar-refractivity contribution >= 4 is 12.2 Å². The van der Waals surface area contributed by atoms with Crippen molar-refractivity contribution in [1.29, 1.82) is 0 Å². The highest BCUT2D eigenvalue weighted by Crippen LogP contribution is 2.44. The minimum Gasteiger partial charge on any atom is -0.508 e. The molecule has 2 N–H and O–H groups in total. The number of carbonyl (C=O) groups excluding carboxylic acids is 1. The molecule has 1 aliphatic carbocycles. The van der Waals surface area contributed by atoms with Crippen molar-refractivity contribution in [2.75, 3.05) is 13.2 Å². The maximum absolute atomic E-state index is 12.2. The van der Waals surface area contributed by atoms with Gasteiger partial charge in [-0.3, -0.25) is 0 Å². The second-order valence-electron chi connectivity index (χ2n) is 7.48. The van der Waals surface area contributed by atoms with Gasteiger partial charge in [0.25, 0.3) is 0 Å². The van der Waals surface area contributed by atoms with Gasteiger partial charge in [0.05, 0.1) is 0 Å². The van der Waals surface area contributed by atoms with E-state index in [1.54, 1.807) is 12.1 Å². The van der Waals surface area contributed by atoms with Crippen LogP contribution in [0.15, 0.2) is 72.8 Å². The second-order valence-corrected chi connectivity index (χ2v) is 7.48. The summed E-state index contributed by atoms with van der Waals surface area (Å²) in [6.07, 6.45) is 4.30. The fraction of sp³-hybridized carbons (Fsp3) is 0.192. The smallest absolute Gasteiger partial charge is 0.407 e. The minimum atomic E-state index is -0.397. The number of phenols is 1. The molecule has 0 atom stereocenters. The van der Waals surface area contributed by atoms with Crippen molar-refractivity contribution in [3.8, 4) is 16.9 Å². The Bertz CT molecular complexity index is 1040. The number of carbonyl (C=O) groups is 1. The highest BCUT2D eigenvalue weighted by molar-refractivity contribution is 5.79. The number of phenolic OH excluding ortho intramolecular Hbond substituents is 1. The average molecular weight is 399 g/mol. The lowest BCUT2D eigenvalue weighted by Gasteiger charge is -2.14. The van der Waals surface area contributed by atoms with Crippen molar-refractivity contribution in [3.63, 3.8) is 0 Å². The van der Waals surface area contributed by atoms with Gasteiger partial charge in [-0.1, -0.05) is 66.7 Å². The normalized spacial score (nSPS) is 12.6. The van der Waals surface area contributed by atoms with Crippen LogP contribution >= 0.6 is 0 Å². The molecule has 0 heterocycles. The van der Waals surface area contributed by atoms with Crippen LogP contribution in [0.1, 0.15) is 34.6 Å². The Labute approximate surface area is 176 Å². The van der Waals surface area contributed by atoms with Crippen LogP contribution in [0.5, 0.6) is 5.75 Å². The van der Waals surface area contributed by atoms with E-state index >= 15 is 0 Å². The molecule has 0 fully saturated rings. The first-order valence-corrected chi connectivity index (χ1v) is 10.2. The molecule has 0 aromatic heterocycles. The third-order valence-electron chi connectivity index (χ3n) is 5.47. The predicted molar refractivity (Wildman–Crippen MR) is 120 cm³/mol. The molecule has 0 aliphatic heterocycles. The summed E-state index contributed by atoms with van der Waals surface area (Å²) in [7, 11) is 0. The van der Waals surface area contributed by atoms with E-state index in [0.29, 0.717) is 19.6 Å². The molecule has 3 aromatic rings.